The molecule has 0 bridgehead atoms. The fraction of sp³-hybridized carbons (Fsp3) is 0.269. The summed E-state index contributed by atoms with van der Waals surface area (Å²) in [4.78, 5) is 13.1. The number of rotatable bonds is 9. The summed E-state index contributed by atoms with van der Waals surface area (Å²) in [6.45, 7) is 5.75. The molecule has 1 atom stereocenters. The number of sulfonamides is 1. The smallest absolute Gasteiger partial charge is 0.264 e. The second kappa shape index (κ2) is 10.8. The molecule has 0 heterocycles. The molecule has 0 aliphatic carbocycles. The number of anilines is 1. The van der Waals surface area contributed by atoms with Gasteiger partial charge >= 0.3 is 0 Å². The highest BCUT2D eigenvalue weighted by Crippen LogP contribution is 2.31. The van der Waals surface area contributed by atoms with E-state index in [0.29, 0.717) is 11.4 Å². The molecule has 1 unspecified atom stereocenters. The summed E-state index contributed by atoms with van der Waals surface area (Å²) in [5, 5.41) is 3.45. The van der Waals surface area contributed by atoms with Crippen LogP contribution in [0.4, 0.5) is 5.69 Å². The van der Waals surface area contributed by atoms with Gasteiger partial charge in [0.15, 0.2) is 0 Å². The van der Waals surface area contributed by atoms with Gasteiger partial charge in [-0.2, -0.15) is 0 Å². The minimum absolute atomic E-state index is 0.0760. The number of hydrogen-bond acceptors (Lipinski definition) is 3. The van der Waals surface area contributed by atoms with Gasteiger partial charge in [0, 0.05) is 6.04 Å². The number of carbonyl (C=O) groups is 1. The van der Waals surface area contributed by atoms with Gasteiger partial charge in [-0.25, -0.2) is 8.42 Å². The summed E-state index contributed by atoms with van der Waals surface area (Å²) in [5.74, 6) is -0.415. The molecule has 8 heteroatoms. The molecular weight excluding hydrogens is 491 g/mol. The van der Waals surface area contributed by atoms with Gasteiger partial charge < -0.3 is 5.32 Å². The van der Waals surface area contributed by atoms with Crippen LogP contribution in [0.15, 0.2) is 83.8 Å². The SMILES string of the molecule is CC(CC(C)(C)c1ccccc1)NC(=O)CN(c1ccc(Cl)c(Cl)c1)S(=O)(=O)c1ccccc1. The molecule has 0 saturated carbocycles. The third-order valence-electron chi connectivity index (χ3n) is 5.59. The van der Waals surface area contributed by atoms with Crippen LogP contribution >= 0.6 is 23.2 Å². The van der Waals surface area contributed by atoms with Gasteiger partial charge in [-0.3, -0.25) is 9.10 Å². The molecule has 3 aromatic rings. The standard InChI is InChI=1S/C26H28Cl2N2O3S/c1-19(17-26(2,3)20-10-6-4-7-11-20)29-25(31)18-30(21-14-15-23(27)24(28)16-21)34(32,33)22-12-8-5-9-13-22/h4-16,19H,17-18H2,1-3H3,(H,29,31). The van der Waals surface area contributed by atoms with Crippen LogP contribution in [0.5, 0.6) is 0 Å². The van der Waals surface area contributed by atoms with Crippen LogP contribution in [0, 0.1) is 0 Å². The minimum atomic E-state index is -4.02. The first-order valence-electron chi connectivity index (χ1n) is 10.9. The fourth-order valence-corrected chi connectivity index (χ4v) is 5.68. The van der Waals surface area contributed by atoms with Crippen molar-refractivity contribution in [1.82, 2.24) is 5.32 Å². The Morgan fingerprint density at radius 1 is 0.941 bits per heavy atom. The molecule has 5 nitrogen and oxygen atoms in total. The molecule has 0 aliphatic rings. The Balaban J connectivity index is 1.82. The predicted molar refractivity (Wildman–Crippen MR) is 139 cm³/mol. The number of nitrogens with zero attached hydrogens (tertiary/aromatic N) is 1. The van der Waals surface area contributed by atoms with Crippen molar-refractivity contribution < 1.29 is 13.2 Å². The van der Waals surface area contributed by atoms with Gasteiger partial charge in [0.2, 0.25) is 5.91 Å². The number of halogens is 2. The second-order valence-electron chi connectivity index (χ2n) is 8.85. The Morgan fingerprint density at radius 3 is 2.12 bits per heavy atom. The summed E-state index contributed by atoms with van der Waals surface area (Å²) >= 11 is 12.2. The monoisotopic (exact) mass is 518 g/mol. The molecule has 3 aromatic carbocycles. The van der Waals surface area contributed by atoms with Gasteiger partial charge in [-0.1, -0.05) is 85.6 Å². The van der Waals surface area contributed by atoms with E-state index < -0.39 is 22.5 Å². The molecule has 1 amide bonds. The molecule has 0 aliphatic heterocycles. The van der Waals surface area contributed by atoms with Crippen molar-refractivity contribution in [3.05, 3.63) is 94.5 Å². The Hall–Kier alpha value is -2.54. The third kappa shape index (κ3) is 6.32. The highest BCUT2D eigenvalue weighted by molar-refractivity contribution is 7.92. The van der Waals surface area contributed by atoms with E-state index >= 15 is 0 Å². The van der Waals surface area contributed by atoms with Crippen molar-refractivity contribution in [3.8, 4) is 0 Å². The van der Waals surface area contributed by atoms with E-state index in [9.17, 15) is 13.2 Å². The maximum Gasteiger partial charge on any atom is 0.264 e. The molecular formula is C26H28Cl2N2O3S. The lowest BCUT2D eigenvalue weighted by Crippen LogP contribution is -2.45. The largest absolute Gasteiger partial charge is 0.352 e. The minimum Gasteiger partial charge on any atom is -0.352 e. The quantitative estimate of drug-likeness (QED) is 0.374. The molecule has 34 heavy (non-hydrogen) atoms. The molecule has 0 aromatic heterocycles. The summed E-state index contributed by atoms with van der Waals surface area (Å²) < 4.78 is 27.9. The van der Waals surface area contributed by atoms with Gasteiger partial charge in [0.25, 0.3) is 10.0 Å². The number of amides is 1. The zero-order valence-corrected chi connectivity index (χ0v) is 21.7. The Kier molecular flexibility index (Phi) is 8.29. The number of benzene rings is 3. The van der Waals surface area contributed by atoms with Crippen molar-refractivity contribution in [2.45, 2.75) is 43.5 Å². The van der Waals surface area contributed by atoms with E-state index in [1.54, 1.807) is 18.2 Å². The van der Waals surface area contributed by atoms with Crippen LogP contribution in [0.25, 0.3) is 0 Å². The lowest BCUT2D eigenvalue weighted by Gasteiger charge is -2.30. The zero-order chi connectivity index (χ0) is 24.9. The average Bonchev–Trinajstić information content (AvgIpc) is 2.80. The van der Waals surface area contributed by atoms with E-state index in [1.807, 2.05) is 25.1 Å². The average molecular weight is 519 g/mol. The van der Waals surface area contributed by atoms with Crippen molar-refractivity contribution in [3.63, 3.8) is 0 Å². The van der Waals surface area contributed by atoms with E-state index in [-0.39, 0.29) is 27.1 Å². The molecule has 180 valence electrons. The highest BCUT2D eigenvalue weighted by Gasteiger charge is 2.29. The van der Waals surface area contributed by atoms with Gasteiger partial charge in [0.05, 0.1) is 20.6 Å². The normalized spacial score (nSPS) is 12.7. The molecule has 0 spiro atoms. The number of hydrogen-bond donors (Lipinski definition) is 1. The highest BCUT2D eigenvalue weighted by atomic mass is 35.5. The maximum absolute atomic E-state index is 13.4. The van der Waals surface area contributed by atoms with E-state index in [2.05, 4.69) is 31.3 Å². The molecule has 0 fully saturated rings. The molecule has 3 rings (SSSR count). The Labute approximate surface area is 211 Å². The van der Waals surface area contributed by atoms with E-state index in [1.165, 1.54) is 35.9 Å². The van der Waals surface area contributed by atoms with Gasteiger partial charge in [-0.15, -0.1) is 0 Å². The lowest BCUT2D eigenvalue weighted by molar-refractivity contribution is -0.120. The number of nitrogens with one attached hydrogen (secondary N) is 1. The van der Waals surface area contributed by atoms with Crippen molar-refractivity contribution >= 4 is 44.8 Å². The lowest BCUT2D eigenvalue weighted by atomic mass is 9.79. The molecule has 0 saturated heterocycles. The fourth-order valence-electron chi connectivity index (χ4n) is 3.95. The third-order valence-corrected chi connectivity index (χ3v) is 8.12. The van der Waals surface area contributed by atoms with Crippen molar-refractivity contribution in [1.29, 1.82) is 0 Å². The summed E-state index contributed by atoms with van der Waals surface area (Å²) in [5.41, 5.74) is 1.25. The number of carbonyl (C=O) groups excluding carboxylic acids is 1. The first-order valence-corrected chi connectivity index (χ1v) is 13.1. The summed E-state index contributed by atoms with van der Waals surface area (Å²) in [6, 6.07) is 22.3. The van der Waals surface area contributed by atoms with E-state index in [0.717, 1.165) is 4.31 Å². The second-order valence-corrected chi connectivity index (χ2v) is 11.5. The Bertz CT molecular complexity index is 1230. The van der Waals surface area contributed by atoms with Crippen LogP contribution < -0.4 is 9.62 Å². The van der Waals surface area contributed by atoms with Crippen LogP contribution in [-0.4, -0.2) is 26.9 Å². The van der Waals surface area contributed by atoms with Crippen LogP contribution in [-0.2, 0) is 20.2 Å². The van der Waals surface area contributed by atoms with Crippen molar-refractivity contribution in [2.24, 2.45) is 0 Å². The molecule has 0 radical (unpaired) electrons. The summed E-state index contributed by atoms with van der Waals surface area (Å²) in [6.07, 6.45) is 0.682. The van der Waals surface area contributed by atoms with Crippen molar-refractivity contribution in [2.75, 3.05) is 10.8 Å². The first-order chi connectivity index (χ1) is 16.0. The van der Waals surface area contributed by atoms with E-state index in [4.69, 9.17) is 23.2 Å². The topological polar surface area (TPSA) is 66.5 Å². The van der Waals surface area contributed by atoms with Crippen LogP contribution in [0.2, 0.25) is 10.0 Å². The predicted octanol–water partition coefficient (Wildman–Crippen LogP) is 6.06. The van der Waals surface area contributed by atoms with Crippen LogP contribution in [0.1, 0.15) is 32.8 Å². The zero-order valence-electron chi connectivity index (χ0n) is 19.3. The Morgan fingerprint density at radius 2 is 1.53 bits per heavy atom. The summed E-state index contributed by atoms with van der Waals surface area (Å²) in [7, 11) is -4.02. The first kappa shape index (κ1) is 26.1. The molecule has 1 N–H and O–H groups in total. The maximum atomic E-state index is 13.4. The van der Waals surface area contributed by atoms with Crippen LogP contribution in [0.3, 0.4) is 0 Å². The van der Waals surface area contributed by atoms with Gasteiger partial charge in [0.1, 0.15) is 6.54 Å². The van der Waals surface area contributed by atoms with Gasteiger partial charge in [-0.05, 0) is 54.7 Å².